The van der Waals surface area contributed by atoms with E-state index < -0.39 is 0 Å². The molecule has 0 saturated carbocycles. The highest BCUT2D eigenvalue weighted by atomic mass is 14.6. The molecule has 0 fully saturated rings. The van der Waals surface area contributed by atoms with Gasteiger partial charge in [0.15, 0.2) is 0 Å². The Kier molecular flexibility index (Phi) is 2.15. The molecule has 0 aromatic heterocycles. The summed E-state index contributed by atoms with van der Waals surface area (Å²) in [6.07, 6.45) is 2.31. The zero-order chi connectivity index (χ0) is 10.3. The lowest BCUT2D eigenvalue weighted by Crippen LogP contribution is -2.30. The number of aryl methyl sites for hydroxylation is 1. The molecule has 2 N–H and O–H groups in total. The van der Waals surface area contributed by atoms with Crippen molar-refractivity contribution in [2.45, 2.75) is 45.1 Å². The van der Waals surface area contributed by atoms with Crippen LogP contribution in [0, 0.1) is 6.92 Å². The Bertz CT molecular complexity index is 352. The molecule has 0 bridgehead atoms. The van der Waals surface area contributed by atoms with E-state index in [-0.39, 0.29) is 6.04 Å². The highest BCUT2D eigenvalue weighted by Gasteiger charge is 2.31. The summed E-state index contributed by atoms with van der Waals surface area (Å²) in [5.41, 5.74) is 10.7. The highest BCUT2D eigenvalue weighted by molar-refractivity contribution is 5.42. The highest BCUT2D eigenvalue weighted by Crippen LogP contribution is 2.41. The Morgan fingerprint density at radius 1 is 1.36 bits per heavy atom. The maximum atomic E-state index is 6.17. The third-order valence-electron chi connectivity index (χ3n) is 3.50. The SMILES string of the molecule is Cc1cccc2c1C(N)CCC2(C)C. The van der Waals surface area contributed by atoms with Crippen molar-refractivity contribution in [1.29, 1.82) is 0 Å². The van der Waals surface area contributed by atoms with Crippen LogP contribution in [0.4, 0.5) is 0 Å². The van der Waals surface area contributed by atoms with Crippen molar-refractivity contribution in [3.63, 3.8) is 0 Å². The molecule has 1 aliphatic carbocycles. The van der Waals surface area contributed by atoms with E-state index in [1.165, 1.54) is 23.1 Å². The summed E-state index contributed by atoms with van der Waals surface area (Å²) in [5, 5.41) is 0. The lowest BCUT2D eigenvalue weighted by atomic mass is 9.70. The van der Waals surface area contributed by atoms with Gasteiger partial charge < -0.3 is 5.73 Å². The Morgan fingerprint density at radius 2 is 2.07 bits per heavy atom. The van der Waals surface area contributed by atoms with Crippen LogP contribution in [0.2, 0.25) is 0 Å². The number of benzene rings is 1. The van der Waals surface area contributed by atoms with E-state index in [1.807, 2.05) is 0 Å². The van der Waals surface area contributed by atoms with Crippen molar-refractivity contribution in [3.05, 3.63) is 34.9 Å². The summed E-state index contributed by atoms with van der Waals surface area (Å²) in [6.45, 7) is 6.80. The molecule has 2 rings (SSSR count). The molecule has 14 heavy (non-hydrogen) atoms. The van der Waals surface area contributed by atoms with E-state index >= 15 is 0 Å². The Morgan fingerprint density at radius 3 is 2.71 bits per heavy atom. The fourth-order valence-corrected chi connectivity index (χ4v) is 2.56. The molecule has 0 radical (unpaired) electrons. The standard InChI is InChI=1S/C13H19N/c1-9-5-4-6-10-12(9)11(14)7-8-13(10,2)3/h4-6,11H,7-8,14H2,1-3H3. The lowest BCUT2D eigenvalue weighted by Gasteiger charge is -2.36. The van der Waals surface area contributed by atoms with Gasteiger partial charge >= 0.3 is 0 Å². The number of hydrogen-bond donors (Lipinski definition) is 1. The molecule has 1 aliphatic rings. The van der Waals surface area contributed by atoms with Crippen LogP contribution in [0.15, 0.2) is 18.2 Å². The summed E-state index contributed by atoms with van der Waals surface area (Å²) in [7, 11) is 0. The van der Waals surface area contributed by atoms with E-state index in [1.54, 1.807) is 0 Å². The van der Waals surface area contributed by atoms with Gasteiger partial charge in [0.25, 0.3) is 0 Å². The number of rotatable bonds is 0. The van der Waals surface area contributed by atoms with Gasteiger partial charge in [-0.15, -0.1) is 0 Å². The lowest BCUT2D eigenvalue weighted by molar-refractivity contribution is 0.395. The average Bonchev–Trinajstić information content (AvgIpc) is 2.12. The molecule has 0 aliphatic heterocycles. The first-order valence-electron chi connectivity index (χ1n) is 5.38. The van der Waals surface area contributed by atoms with Crippen LogP contribution in [0.25, 0.3) is 0 Å². The van der Waals surface area contributed by atoms with Crippen molar-refractivity contribution in [1.82, 2.24) is 0 Å². The van der Waals surface area contributed by atoms with Crippen molar-refractivity contribution < 1.29 is 0 Å². The minimum absolute atomic E-state index is 0.249. The van der Waals surface area contributed by atoms with Gasteiger partial charge in [-0.25, -0.2) is 0 Å². The van der Waals surface area contributed by atoms with Crippen molar-refractivity contribution in [3.8, 4) is 0 Å². The predicted molar refractivity (Wildman–Crippen MR) is 60.4 cm³/mol. The molecule has 76 valence electrons. The molecule has 1 heteroatoms. The largest absolute Gasteiger partial charge is 0.324 e. The smallest absolute Gasteiger partial charge is 0.0300 e. The Balaban J connectivity index is 2.63. The molecular weight excluding hydrogens is 170 g/mol. The molecular formula is C13H19N. The molecule has 1 unspecified atom stereocenters. The summed E-state index contributed by atoms with van der Waals surface area (Å²) in [6, 6.07) is 6.80. The van der Waals surface area contributed by atoms with Gasteiger partial charge in [0.1, 0.15) is 0 Å². The van der Waals surface area contributed by atoms with Gasteiger partial charge in [0.2, 0.25) is 0 Å². The second kappa shape index (κ2) is 3.09. The van der Waals surface area contributed by atoms with Crippen LogP contribution in [0.1, 0.15) is 49.4 Å². The predicted octanol–water partition coefficient (Wildman–Crippen LogP) is 3.07. The third kappa shape index (κ3) is 1.36. The monoisotopic (exact) mass is 189 g/mol. The molecule has 0 heterocycles. The first-order valence-corrected chi connectivity index (χ1v) is 5.38. The van der Waals surface area contributed by atoms with E-state index in [2.05, 4.69) is 39.0 Å². The van der Waals surface area contributed by atoms with Crippen molar-refractivity contribution >= 4 is 0 Å². The minimum Gasteiger partial charge on any atom is -0.324 e. The van der Waals surface area contributed by atoms with Crippen LogP contribution in [0.5, 0.6) is 0 Å². The fourth-order valence-electron chi connectivity index (χ4n) is 2.56. The van der Waals surface area contributed by atoms with Crippen LogP contribution >= 0.6 is 0 Å². The van der Waals surface area contributed by atoms with Crippen molar-refractivity contribution in [2.24, 2.45) is 5.73 Å². The van der Waals surface area contributed by atoms with Crippen LogP contribution in [-0.2, 0) is 5.41 Å². The van der Waals surface area contributed by atoms with Crippen molar-refractivity contribution in [2.75, 3.05) is 0 Å². The van der Waals surface area contributed by atoms with Gasteiger partial charge in [0, 0.05) is 6.04 Å². The zero-order valence-electron chi connectivity index (χ0n) is 9.30. The first-order chi connectivity index (χ1) is 6.52. The maximum Gasteiger partial charge on any atom is 0.0300 e. The molecule has 1 atom stereocenters. The van der Waals surface area contributed by atoms with Gasteiger partial charge in [-0.3, -0.25) is 0 Å². The number of nitrogens with two attached hydrogens (primary N) is 1. The molecule has 1 aromatic carbocycles. The first kappa shape index (κ1) is 9.72. The Labute approximate surface area is 86.3 Å². The number of fused-ring (bicyclic) bond motifs is 1. The minimum atomic E-state index is 0.249. The second-order valence-corrected chi connectivity index (χ2v) is 5.07. The fraction of sp³-hybridized carbons (Fsp3) is 0.538. The third-order valence-corrected chi connectivity index (χ3v) is 3.50. The van der Waals surface area contributed by atoms with Crippen LogP contribution < -0.4 is 5.73 Å². The van der Waals surface area contributed by atoms with Gasteiger partial charge in [-0.2, -0.15) is 0 Å². The van der Waals surface area contributed by atoms with Gasteiger partial charge in [-0.1, -0.05) is 32.0 Å². The Hall–Kier alpha value is -0.820. The summed E-state index contributed by atoms with van der Waals surface area (Å²) < 4.78 is 0. The summed E-state index contributed by atoms with van der Waals surface area (Å²) in [4.78, 5) is 0. The van der Waals surface area contributed by atoms with Crippen LogP contribution in [0.3, 0.4) is 0 Å². The number of hydrogen-bond acceptors (Lipinski definition) is 1. The second-order valence-electron chi connectivity index (χ2n) is 5.07. The molecule has 0 amide bonds. The van der Waals surface area contributed by atoms with Crippen LogP contribution in [-0.4, -0.2) is 0 Å². The van der Waals surface area contributed by atoms with E-state index in [9.17, 15) is 0 Å². The quantitative estimate of drug-likeness (QED) is 0.667. The van der Waals surface area contributed by atoms with E-state index in [0.29, 0.717) is 5.41 Å². The topological polar surface area (TPSA) is 26.0 Å². The summed E-state index contributed by atoms with van der Waals surface area (Å²) >= 11 is 0. The molecule has 0 spiro atoms. The zero-order valence-corrected chi connectivity index (χ0v) is 9.30. The normalized spacial score (nSPS) is 24.4. The average molecular weight is 189 g/mol. The van der Waals surface area contributed by atoms with E-state index in [4.69, 9.17) is 5.73 Å². The maximum absolute atomic E-state index is 6.17. The van der Waals surface area contributed by atoms with Gasteiger partial charge in [0.05, 0.1) is 0 Å². The van der Waals surface area contributed by atoms with Gasteiger partial charge in [-0.05, 0) is 41.9 Å². The van der Waals surface area contributed by atoms with E-state index in [0.717, 1.165) is 6.42 Å². The molecule has 1 aromatic rings. The molecule has 1 nitrogen and oxygen atoms in total. The summed E-state index contributed by atoms with van der Waals surface area (Å²) in [5.74, 6) is 0. The molecule has 0 saturated heterocycles.